The monoisotopic (exact) mass is 438 g/mol. The van der Waals surface area contributed by atoms with Crippen molar-refractivity contribution in [2.24, 2.45) is 4.99 Å². The van der Waals surface area contributed by atoms with Crippen LogP contribution >= 0.6 is 0 Å². The van der Waals surface area contributed by atoms with Gasteiger partial charge in [0.25, 0.3) is 0 Å². The van der Waals surface area contributed by atoms with E-state index < -0.39 is 11.6 Å². The van der Waals surface area contributed by atoms with Crippen molar-refractivity contribution in [3.8, 4) is 5.75 Å². The van der Waals surface area contributed by atoms with Crippen LogP contribution in [-0.2, 0) is 9.53 Å². The molecule has 0 saturated heterocycles. The van der Waals surface area contributed by atoms with Crippen LogP contribution < -0.4 is 10.1 Å². The van der Waals surface area contributed by atoms with Gasteiger partial charge in [-0.25, -0.2) is 4.79 Å². The van der Waals surface area contributed by atoms with E-state index in [1.165, 1.54) is 0 Å². The highest BCUT2D eigenvalue weighted by atomic mass is 16.6. The summed E-state index contributed by atoms with van der Waals surface area (Å²) in [7, 11) is 1.62. The molecule has 0 fully saturated rings. The fourth-order valence-electron chi connectivity index (χ4n) is 3.00. The minimum atomic E-state index is -0.567. The molecule has 0 bridgehead atoms. The first kappa shape index (κ1) is 25.3. The van der Waals surface area contributed by atoms with Crippen molar-refractivity contribution in [3.63, 3.8) is 0 Å². The van der Waals surface area contributed by atoms with Crippen LogP contribution in [0.2, 0.25) is 0 Å². The first-order valence-electron chi connectivity index (χ1n) is 11.0. The lowest BCUT2D eigenvalue weighted by atomic mass is 10.1. The van der Waals surface area contributed by atoms with Crippen molar-refractivity contribution in [2.45, 2.75) is 51.7 Å². The molecule has 0 amide bonds. The second-order valence-electron chi connectivity index (χ2n) is 8.56. The summed E-state index contributed by atoms with van der Waals surface area (Å²) in [6.07, 6.45) is 3.90. The molecular weight excluding hydrogens is 404 g/mol. The van der Waals surface area contributed by atoms with Gasteiger partial charge in [0.2, 0.25) is 0 Å². The molecule has 6 nitrogen and oxygen atoms in total. The Morgan fingerprint density at radius 3 is 2.34 bits per heavy atom. The van der Waals surface area contributed by atoms with Crippen molar-refractivity contribution in [1.82, 2.24) is 5.32 Å². The number of nitrogens with one attached hydrogen (secondary N) is 1. The van der Waals surface area contributed by atoms with Crippen LogP contribution in [0.15, 0.2) is 59.6 Å². The normalized spacial score (nSPS) is 12.5. The molecule has 0 unspecified atom stereocenters. The number of Topliss-reactive ketones (excluding diaryl/α,β-unsaturated/α-hetero) is 1. The third-order valence-electron chi connectivity index (χ3n) is 4.66. The first-order chi connectivity index (χ1) is 15.3. The summed E-state index contributed by atoms with van der Waals surface area (Å²) in [4.78, 5) is 29.3. The Labute approximate surface area is 191 Å². The molecule has 0 heterocycles. The van der Waals surface area contributed by atoms with Crippen LogP contribution in [0.1, 0.15) is 56.0 Å². The highest BCUT2D eigenvalue weighted by molar-refractivity contribution is 5.97. The third kappa shape index (κ3) is 9.43. The Kier molecular flexibility index (Phi) is 10.1. The zero-order valence-corrected chi connectivity index (χ0v) is 19.5. The van der Waals surface area contributed by atoms with E-state index in [1.54, 1.807) is 13.3 Å². The maximum absolute atomic E-state index is 12.6. The summed E-state index contributed by atoms with van der Waals surface area (Å²) >= 11 is 0. The topological polar surface area (TPSA) is 77.0 Å². The molecule has 32 heavy (non-hydrogen) atoms. The molecule has 0 spiro atoms. The van der Waals surface area contributed by atoms with Crippen LogP contribution in [-0.4, -0.2) is 49.8 Å². The average Bonchev–Trinajstić information content (AvgIpc) is 2.77. The van der Waals surface area contributed by atoms with E-state index >= 15 is 0 Å². The van der Waals surface area contributed by atoms with Gasteiger partial charge in [0, 0.05) is 11.8 Å². The van der Waals surface area contributed by atoms with Gasteiger partial charge in [-0.15, -0.1) is 0 Å². The maximum atomic E-state index is 12.6. The van der Waals surface area contributed by atoms with Gasteiger partial charge in [0.05, 0.1) is 13.7 Å². The van der Waals surface area contributed by atoms with Crippen LogP contribution in [0.3, 0.4) is 0 Å². The van der Waals surface area contributed by atoms with E-state index in [-0.39, 0.29) is 11.8 Å². The van der Waals surface area contributed by atoms with Crippen molar-refractivity contribution < 1.29 is 19.1 Å². The standard InChI is InChI=1S/C26H34N2O4/c1-26(2,3)32-25(30)23(28-18-20-13-15-22(31-4)16-14-20)12-8-9-17-27-19-24(29)21-10-6-5-7-11-21/h5-7,10-11,13-16,18,23,27H,8-9,12,17,19H2,1-4H3/b28-18+/t23-/m0/s1. The zero-order valence-electron chi connectivity index (χ0n) is 19.5. The number of hydrogen-bond donors (Lipinski definition) is 1. The number of rotatable bonds is 12. The number of ether oxygens (including phenoxy) is 2. The fourth-order valence-corrected chi connectivity index (χ4v) is 3.00. The van der Waals surface area contributed by atoms with Crippen LogP contribution in [0.25, 0.3) is 0 Å². The molecule has 0 aliphatic rings. The molecule has 6 heteroatoms. The molecule has 2 rings (SSSR count). The van der Waals surface area contributed by atoms with E-state index in [9.17, 15) is 9.59 Å². The highest BCUT2D eigenvalue weighted by Crippen LogP contribution is 2.15. The second-order valence-corrected chi connectivity index (χ2v) is 8.56. The molecule has 0 aliphatic carbocycles. The summed E-state index contributed by atoms with van der Waals surface area (Å²) in [6, 6.07) is 16.2. The maximum Gasteiger partial charge on any atom is 0.331 e. The minimum Gasteiger partial charge on any atom is -0.497 e. The lowest BCUT2D eigenvalue weighted by molar-refractivity contribution is -0.156. The SMILES string of the molecule is COc1ccc(/C=N/[C@@H](CCCCNCC(=O)c2ccccc2)C(=O)OC(C)(C)C)cc1. The largest absolute Gasteiger partial charge is 0.497 e. The summed E-state index contributed by atoms with van der Waals surface area (Å²) in [5.74, 6) is 0.514. The minimum absolute atomic E-state index is 0.0707. The number of methoxy groups -OCH3 is 1. The highest BCUT2D eigenvalue weighted by Gasteiger charge is 2.24. The van der Waals surface area contributed by atoms with Crippen molar-refractivity contribution >= 4 is 18.0 Å². The number of carbonyl (C=O) groups excluding carboxylic acids is 2. The van der Waals surface area contributed by atoms with Crippen LogP contribution in [0.5, 0.6) is 5.75 Å². The van der Waals surface area contributed by atoms with Gasteiger partial charge in [0.15, 0.2) is 5.78 Å². The van der Waals surface area contributed by atoms with Gasteiger partial charge in [-0.05, 0) is 76.4 Å². The van der Waals surface area contributed by atoms with E-state index in [2.05, 4.69) is 10.3 Å². The van der Waals surface area contributed by atoms with E-state index in [4.69, 9.17) is 9.47 Å². The smallest absolute Gasteiger partial charge is 0.331 e. The Bertz CT molecular complexity index is 871. The number of nitrogens with zero attached hydrogens (tertiary/aromatic N) is 1. The number of benzene rings is 2. The van der Waals surface area contributed by atoms with E-state index in [1.807, 2.05) is 75.4 Å². The Morgan fingerprint density at radius 1 is 1.03 bits per heavy atom. The number of hydrogen-bond acceptors (Lipinski definition) is 6. The molecule has 172 valence electrons. The van der Waals surface area contributed by atoms with Gasteiger partial charge in [-0.3, -0.25) is 9.79 Å². The molecule has 1 atom stereocenters. The fraction of sp³-hybridized carbons (Fsp3) is 0.423. The van der Waals surface area contributed by atoms with Crippen molar-refractivity contribution in [2.75, 3.05) is 20.2 Å². The Hall–Kier alpha value is -2.99. The van der Waals surface area contributed by atoms with E-state index in [0.29, 0.717) is 25.1 Å². The van der Waals surface area contributed by atoms with Gasteiger partial charge in [0.1, 0.15) is 17.4 Å². The van der Waals surface area contributed by atoms with Gasteiger partial charge in [-0.1, -0.05) is 30.3 Å². The Morgan fingerprint density at radius 2 is 1.72 bits per heavy atom. The summed E-state index contributed by atoms with van der Waals surface area (Å²) in [5, 5.41) is 3.18. The molecule has 1 N–H and O–H groups in total. The lowest BCUT2D eigenvalue weighted by Crippen LogP contribution is -2.31. The van der Waals surface area contributed by atoms with E-state index in [0.717, 1.165) is 24.2 Å². The van der Waals surface area contributed by atoms with Crippen LogP contribution in [0.4, 0.5) is 0 Å². The predicted octanol–water partition coefficient (Wildman–Crippen LogP) is 4.47. The number of esters is 1. The summed E-state index contributed by atoms with van der Waals surface area (Å²) in [5.41, 5.74) is 1.03. The number of unbranched alkanes of at least 4 members (excludes halogenated alkanes) is 1. The zero-order chi connectivity index (χ0) is 23.4. The number of ketones is 1. The quantitative estimate of drug-likeness (QED) is 0.229. The molecule has 0 aromatic heterocycles. The van der Waals surface area contributed by atoms with Crippen LogP contribution in [0, 0.1) is 0 Å². The van der Waals surface area contributed by atoms with Gasteiger partial charge in [-0.2, -0.15) is 0 Å². The molecule has 0 radical (unpaired) electrons. The third-order valence-corrected chi connectivity index (χ3v) is 4.66. The Balaban J connectivity index is 1.84. The second kappa shape index (κ2) is 12.8. The van der Waals surface area contributed by atoms with Gasteiger partial charge < -0.3 is 14.8 Å². The van der Waals surface area contributed by atoms with Crippen molar-refractivity contribution in [3.05, 3.63) is 65.7 Å². The first-order valence-corrected chi connectivity index (χ1v) is 11.0. The molecular formula is C26H34N2O4. The molecule has 0 saturated carbocycles. The molecule has 2 aromatic carbocycles. The molecule has 0 aliphatic heterocycles. The number of aliphatic imine (C=N–C) groups is 1. The molecule has 2 aromatic rings. The van der Waals surface area contributed by atoms with Gasteiger partial charge >= 0.3 is 5.97 Å². The summed E-state index contributed by atoms with van der Waals surface area (Å²) < 4.78 is 10.7. The lowest BCUT2D eigenvalue weighted by Gasteiger charge is -2.22. The van der Waals surface area contributed by atoms with Crippen molar-refractivity contribution in [1.29, 1.82) is 0 Å². The average molecular weight is 439 g/mol. The summed E-state index contributed by atoms with van der Waals surface area (Å²) in [6.45, 7) is 6.55. The number of carbonyl (C=O) groups is 2. The predicted molar refractivity (Wildman–Crippen MR) is 128 cm³/mol.